The largest absolute Gasteiger partial charge is 0.343 e. The molecule has 1 N–H and O–H groups in total. The third-order valence-electron chi connectivity index (χ3n) is 3.79. The van der Waals surface area contributed by atoms with Gasteiger partial charge in [0.05, 0.1) is 0 Å². The maximum Gasteiger partial charge on any atom is 0.245 e. The lowest BCUT2D eigenvalue weighted by molar-refractivity contribution is -0.150. The van der Waals surface area contributed by atoms with Crippen LogP contribution in [0.3, 0.4) is 0 Å². The molecule has 2 rings (SSSR count). The van der Waals surface area contributed by atoms with Crippen molar-refractivity contribution in [2.75, 3.05) is 6.54 Å². The molecule has 4 nitrogen and oxygen atoms in total. The van der Waals surface area contributed by atoms with Crippen LogP contribution in [0.25, 0.3) is 0 Å². The van der Waals surface area contributed by atoms with Gasteiger partial charge in [0.1, 0.15) is 12.1 Å². The van der Waals surface area contributed by atoms with Gasteiger partial charge in [-0.3, -0.25) is 9.59 Å². The van der Waals surface area contributed by atoms with Gasteiger partial charge in [-0.2, -0.15) is 0 Å². The molecule has 0 spiro atoms. The van der Waals surface area contributed by atoms with Crippen LogP contribution >= 0.6 is 0 Å². The van der Waals surface area contributed by atoms with Gasteiger partial charge in [-0.15, -0.1) is 0 Å². The molecule has 0 aromatic carbocycles. The summed E-state index contributed by atoms with van der Waals surface area (Å²) in [5.74, 6) is 0.510. The summed E-state index contributed by atoms with van der Waals surface area (Å²) in [6, 6.07) is -0.580. The van der Waals surface area contributed by atoms with E-state index in [4.69, 9.17) is 0 Å². The van der Waals surface area contributed by atoms with Crippen LogP contribution in [-0.4, -0.2) is 35.3 Å². The molecule has 0 radical (unpaired) electrons. The van der Waals surface area contributed by atoms with Crippen molar-refractivity contribution in [3.05, 3.63) is 0 Å². The van der Waals surface area contributed by atoms with Gasteiger partial charge < -0.3 is 10.2 Å². The zero-order chi connectivity index (χ0) is 13.5. The van der Waals surface area contributed by atoms with Gasteiger partial charge in [0, 0.05) is 6.54 Å². The highest BCUT2D eigenvalue weighted by Crippen LogP contribution is 2.37. The van der Waals surface area contributed by atoms with E-state index in [0.29, 0.717) is 12.5 Å². The minimum atomic E-state index is -0.368. The van der Waals surface area contributed by atoms with Gasteiger partial charge in [-0.05, 0) is 37.5 Å². The maximum absolute atomic E-state index is 12.2. The lowest BCUT2D eigenvalue weighted by Gasteiger charge is -2.39. The van der Waals surface area contributed by atoms with E-state index < -0.39 is 0 Å². The Balaban J connectivity index is 2.10. The van der Waals surface area contributed by atoms with Gasteiger partial charge in [-0.25, -0.2) is 0 Å². The van der Waals surface area contributed by atoms with E-state index in [9.17, 15) is 9.59 Å². The second kappa shape index (κ2) is 4.56. The van der Waals surface area contributed by atoms with Crippen molar-refractivity contribution in [1.82, 2.24) is 10.2 Å². The Morgan fingerprint density at radius 2 is 1.89 bits per heavy atom. The Morgan fingerprint density at radius 1 is 1.28 bits per heavy atom. The summed E-state index contributed by atoms with van der Waals surface area (Å²) < 4.78 is 0. The minimum absolute atomic E-state index is 0.0403. The van der Waals surface area contributed by atoms with Crippen LogP contribution in [0.5, 0.6) is 0 Å². The summed E-state index contributed by atoms with van der Waals surface area (Å²) in [4.78, 5) is 26.1. The maximum atomic E-state index is 12.2. The quantitative estimate of drug-likeness (QED) is 0.828. The average Bonchev–Trinajstić information content (AvgIpc) is 3.03. The topological polar surface area (TPSA) is 49.4 Å². The zero-order valence-corrected chi connectivity index (χ0v) is 11.8. The zero-order valence-electron chi connectivity index (χ0n) is 11.8. The summed E-state index contributed by atoms with van der Waals surface area (Å²) in [5, 5.41) is 2.80. The summed E-state index contributed by atoms with van der Waals surface area (Å²) in [5.41, 5.74) is 0.186. The van der Waals surface area contributed by atoms with Crippen molar-refractivity contribution in [2.45, 2.75) is 59.0 Å². The summed E-state index contributed by atoms with van der Waals surface area (Å²) in [6.45, 7) is 8.96. The number of hydrogen-bond donors (Lipinski definition) is 1. The lowest BCUT2D eigenvalue weighted by Crippen LogP contribution is -2.63. The molecule has 1 saturated heterocycles. The Bertz CT molecular complexity index is 355. The standard InChI is InChI=1S/C14H24N2O2/c1-9-13(18)16(8-7-14(2,3)4)11(10-5-6-10)12(17)15-9/h9-11H,5-8H2,1-4H3,(H,15,17). The number of amides is 2. The molecule has 0 aromatic rings. The minimum Gasteiger partial charge on any atom is -0.343 e. The first kappa shape index (κ1) is 13.4. The third kappa shape index (κ3) is 2.85. The lowest BCUT2D eigenvalue weighted by atomic mass is 9.91. The van der Waals surface area contributed by atoms with E-state index in [0.717, 1.165) is 19.3 Å². The van der Waals surface area contributed by atoms with Gasteiger partial charge in [0.15, 0.2) is 0 Å². The molecule has 1 heterocycles. The fraction of sp³-hybridized carbons (Fsp3) is 0.857. The molecule has 102 valence electrons. The van der Waals surface area contributed by atoms with E-state index in [1.165, 1.54) is 0 Å². The second-order valence-electron chi connectivity index (χ2n) is 6.85. The fourth-order valence-corrected chi connectivity index (χ4v) is 2.47. The smallest absolute Gasteiger partial charge is 0.245 e. The van der Waals surface area contributed by atoms with Crippen molar-refractivity contribution in [3.63, 3.8) is 0 Å². The number of rotatable bonds is 3. The predicted octanol–water partition coefficient (Wildman–Crippen LogP) is 1.55. The monoisotopic (exact) mass is 252 g/mol. The molecular formula is C14H24N2O2. The van der Waals surface area contributed by atoms with Gasteiger partial charge >= 0.3 is 0 Å². The number of carbonyl (C=O) groups is 2. The van der Waals surface area contributed by atoms with Crippen molar-refractivity contribution < 1.29 is 9.59 Å². The van der Waals surface area contributed by atoms with Crippen LogP contribution in [0.4, 0.5) is 0 Å². The van der Waals surface area contributed by atoms with Crippen LogP contribution in [0.2, 0.25) is 0 Å². The Morgan fingerprint density at radius 3 is 2.39 bits per heavy atom. The molecule has 0 aromatic heterocycles. The number of carbonyl (C=O) groups excluding carboxylic acids is 2. The summed E-state index contributed by atoms with van der Waals surface area (Å²) in [7, 11) is 0. The number of nitrogens with one attached hydrogen (secondary N) is 1. The first-order valence-electron chi connectivity index (χ1n) is 6.90. The first-order chi connectivity index (χ1) is 8.29. The number of piperazine rings is 1. The molecule has 1 saturated carbocycles. The first-order valence-corrected chi connectivity index (χ1v) is 6.90. The summed E-state index contributed by atoms with van der Waals surface area (Å²) >= 11 is 0. The van der Waals surface area contributed by atoms with Gasteiger partial charge in [0.2, 0.25) is 11.8 Å². The molecular weight excluding hydrogens is 228 g/mol. The normalized spacial score (nSPS) is 29.4. The molecule has 2 aliphatic rings. The predicted molar refractivity (Wildman–Crippen MR) is 69.9 cm³/mol. The van der Waals surface area contributed by atoms with E-state index in [2.05, 4.69) is 26.1 Å². The Kier molecular flexibility index (Phi) is 3.39. The molecule has 2 atom stereocenters. The average molecular weight is 252 g/mol. The Labute approximate surface area is 109 Å². The second-order valence-corrected chi connectivity index (χ2v) is 6.85. The molecule has 4 heteroatoms. The molecule has 2 fully saturated rings. The van der Waals surface area contributed by atoms with Crippen LogP contribution in [-0.2, 0) is 9.59 Å². The van der Waals surface area contributed by atoms with Crippen LogP contribution in [0, 0.1) is 11.3 Å². The highest BCUT2D eigenvalue weighted by molar-refractivity contribution is 5.97. The molecule has 2 unspecified atom stereocenters. The van der Waals surface area contributed by atoms with Crippen LogP contribution in [0.1, 0.15) is 47.0 Å². The Hall–Kier alpha value is -1.06. The highest BCUT2D eigenvalue weighted by atomic mass is 16.2. The molecule has 0 bridgehead atoms. The SMILES string of the molecule is CC1NC(=O)C(C2CC2)N(CCC(C)(C)C)C1=O. The van der Waals surface area contributed by atoms with E-state index in [1.807, 2.05) is 4.90 Å². The van der Waals surface area contributed by atoms with Gasteiger partial charge in [-0.1, -0.05) is 20.8 Å². The van der Waals surface area contributed by atoms with Crippen molar-refractivity contribution in [2.24, 2.45) is 11.3 Å². The van der Waals surface area contributed by atoms with E-state index in [1.54, 1.807) is 6.92 Å². The van der Waals surface area contributed by atoms with Gasteiger partial charge in [0.25, 0.3) is 0 Å². The molecule has 1 aliphatic heterocycles. The van der Waals surface area contributed by atoms with Crippen LogP contribution < -0.4 is 5.32 Å². The van der Waals surface area contributed by atoms with Crippen molar-refractivity contribution in [3.8, 4) is 0 Å². The number of nitrogens with zero attached hydrogens (tertiary/aromatic N) is 1. The van der Waals surface area contributed by atoms with Crippen molar-refractivity contribution in [1.29, 1.82) is 0 Å². The third-order valence-corrected chi connectivity index (χ3v) is 3.79. The summed E-state index contributed by atoms with van der Waals surface area (Å²) in [6.07, 6.45) is 3.08. The van der Waals surface area contributed by atoms with E-state index >= 15 is 0 Å². The molecule has 18 heavy (non-hydrogen) atoms. The molecule has 2 amide bonds. The highest BCUT2D eigenvalue weighted by Gasteiger charge is 2.46. The fourth-order valence-electron chi connectivity index (χ4n) is 2.47. The number of hydrogen-bond acceptors (Lipinski definition) is 2. The van der Waals surface area contributed by atoms with Crippen LogP contribution in [0.15, 0.2) is 0 Å². The van der Waals surface area contributed by atoms with E-state index in [-0.39, 0.29) is 29.3 Å². The molecule has 1 aliphatic carbocycles. The van der Waals surface area contributed by atoms with Crippen molar-refractivity contribution >= 4 is 11.8 Å².